The summed E-state index contributed by atoms with van der Waals surface area (Å²) in [5, 5.41) is 6.80. The van der Waals surface area contributed by atoms with Crippen LogP contribution in [0.1, 0.15) is 55.2 Å². The summed E-state index contributed by atoms with van der Waals surface area (Å²) in [5.74, 6) is 7.41. The largest absolute Gasteiger partial charge is 0.493 e. The number of para-hydroxylation sites is 1. The summed E-state index contributed by atoms with van der Waals surface area (Å²) < 4.78 is 11.2. The van der Waals surface area contributed by atoms with Gasteiger partial charge < -0.3 is 25.1 Å². The first-order chi connectivity index (χ1) is 19.6. The van der Waals surface area contributed by atoms with Gasteiger partial charge in [-0.2, -0.15) is 0 Å². The molecule has 2 aromatic heterocycles. The Bertz CT molecular complexity index is 1600. The number of ether oxygens (including phenoxy) is 2. The Labute approximate surface area is 244 Å². The number of carbonyl (C=O) groups is 2. The number of carbonyl (C=O) groups excluding carboxylic acids is 2. The van der Waals surface area contributed by atoms with Crippen LogP contribution in [0, 0.1) is 17.8 Å². The topological polar surface area (TPSA) is 109 Å². The Morgan fingerprint density at radius 1 is 1.24 bits per heavy atom. The Morgan fingerprint density at radius 2 is 2.07 bits per heavy atom. The maximum atomic E-state index is 13.1. The Hall–Kier alpha value is -4.16. The van der Waals surface area contributed by atoms with Crippen LogP contribution in [0.15, 0.2) is 36.7 Å². The summed E-state index contributed by atoms with van der Waals surface area (Å²) in [4.78, 5) is 35.7. The number of hydrogen-bond acceptors (Lipinski definition) is 6. The molecule has 10 heteroatoms. The van der Waals surface area contributed by atoms with Crippen LogP contribution in [0.3, 0.4) is 0 Å². The number of methoxy groups -OCH3 is 1. The summed E-state index contributed by atoms with van der Waals surface area (Å²) in [6, 6.07) is 7.23. The minimum Gasteiger partial charge on any atom is -0.493 e. The molecule has 3 aliphatic rings. The van der Waals surface area contributed by atoms with Crippen molar-refractivity contribution >= 4 is 35.0 Å². The van der Waals surface area contributed by atoms with E-state index in [9.17, 15) is 9.59 Å². The number of likely N-dealkylation sites (tertiary alicyclic amines) is 1. The number of pyridine rings is 1. The molecule has 2 aliphatic heterocycles. The van der Waals surface area contributed by atoms with Gasteiger partial charge in [-0.05, 0) is 57.7 Å². The molecule has 3 aromatic rings. The first-order valence-corrected chi connectivity index (χ1v) is 14.1. The van der Waals surface area contributed by atoms with E-state index in [1.807, 2.05) is 39.0 Å². The zero-order valence-electron chi connectivity index (χ0n) is 23.4. The number of rotatable bonds is 4. The van der Waals surface area contributed by atoms with E-state index in [0.717, 1.165) is 24.1 Å². The van der Waals surface area contributed by atoms with Crippen molar-refractivity contribution in [1.82, 2.24) is 20.2 Å². The molecule has 41 heavy (non-hydrogen) atoms. The lowest BCUT2D eigenvalue weighted by Crippen LogP contribution is -2.41. The molecule has 2 amide bonds. The molecule has 0 unspecified atom stereocenters. The summed E-state index contributed by atoms with van der Waals surface area (Å²) >= 11 is 6.39. The molecule has 1 saturated heterocycles. The number of aromatic nitrogens is 2. The van der Waals surface area contributed by atoms with Gasteiger partial charge in [-0.1, -0.05) is 29.5 Å². The predicted molar refractivity (Wildman–Crippen MR) is 157 cm³/mol. The first-order valence-electron chi connectivity index (χ1n) is 13.7. The zero-order valence-corrected chi connectivity index (χ0v) is 24.2. The van der Waals surface area contributed by atoms with E-state index >= 15 is 0 Å². The number of hydrogen-bond donors (Lipinski definition) is 3. The van der Waals surface area contributed by atoms with E-state index in [4.69, 9.17) is 21.1 Å². The third-order valence-electron chi connectivity index (χ3n) is 7.57. The average molecular weight is 574 g/mol. The van der Waals surface area contributed by atoms with Crippen LogP contribution in [-0.2, 0) is 11.2 Å². The van der Waals surface area contributed by atoms with Crippen molar-refractivity contribution in [2.45, 2.75) is 57.7 Å². The van der Waals surface area contributed by atoms with Crippen molar-refractivity contribution in [3.8, 4) is 28.8 Å². The molecule has 3 N–H and O–H groups in total. The number of amides is 2. The number of halogens is 1. The number of piperidine rings is 1. The Balaban J connectivity index is 1.39. The van der Waals surface area contributed by atoms with Crippen molar-refractivity contribution in [1.29, 1.82) is 0 Å². The van der Waals surface area contributed by atoms with Crippen LogP contribution in [0.5, 0.6) is 5.75 Å². The van der Waals surface area contributed by atoms with Crippen molar-refractivity contribution in [2.24, 2.45) is 5.92 Å². The minimum absolute atomic E-state index is 0.169. The summed E-state index contributed by atoms with van der Waals surface area (Å²) in [7, 11) is 1.55. The molecule has 0 radical (unpaired) electrons. The molecule has 4 heterocycles. The number of nitrogens with zero attached hydrogens (tertiary/aromatic N) is 2. The predicted octanol–water partition coefficient (Wildman–Crippen LogP) is 5.52. The van der Waals surface area contributed by atoms with E-state index < -0.39 is 5.60 Å². The quantitative estimate of drug-likeness (QED) is 0.355. The average Bonchev–Trinajstić information content (AvgIpc) is 3.42. The molecule has 1 aromatic carbocycles. The first kappa shape index (κ1) is 27.0. The van der Waals surface area contributed by atoms with Crippen LogP contribution in [0.2, 0.25) is 5.02 Å². The molecule has 212 valence electrons. The van der Waals surface area contributed by atoms with Gasteiger partial charge in [0.25, 0.3) is 5.91 Å². The van der Waals surface area contributed by atoms with E-state index in [0.29, 0.717) is 57.9 Å². The van der Waals surface area contributed by atoms with Gasteiger partial charge in [-0.25, -0.2) is 4.79 Å². The van der Waals surface area contributed by atoms with Crippen LogP contribution in [0.4, 0.5) is 16.2 Å². The third kappa shape index (κ3) is 5.20. The van der Waals surface area contributed by atoms with Crippen LogP contribution in [0.25, 0.3) is 11.3 Å². The van der Waals surface area contributed by atoms with Gasteiger partial charge in [0, 0.05) is 42.7 Å². The summed E-state index contributed by atoms with van der Waals surface area (Å²) in [6.45, 7) is 6.15. The second-order valence-corrected chi connectivity index (χ2v) is 12.0. The van der Waals surface area contributed by atoms with Crippen molar-refractivity contribution in [3.05, 3.63) is 58.5 Å². The number of aromatic amines is 1. The molecular formula is C31H32ClN5O4. The van der Waals surface area contributed by atoms with Gasteiger partial charge in [0.15, 0.2) is 5.75 Å². The van der Waals surface area contributed by atoms with Gasteiger partial charge in [-0.3, -0.25) is 14.7 Å². The molecule has 9 nitrogen and oxygen atoms in total. The van der Waals surface area contributed by atoms with E-state index in [1.165, 1.54) is 0 Å². The second kappa shape index (κ2) is 10.3. The number of anilines is 2. The van der Waals surface area contributed by atoms with Crippen molar-refractivity contribution in [3.63, 3.8) is 0 Å². The highest BCUT2D eigenvalue weighted by Gasteiger charge is 2.54. The number of fused-ring (bicyclic) bond motifs is 2. The summed E-state index contributed by atoms with van der Waals surface area (Å²) in [5.41, 5.74) is 4.19. The van der Waals surface area contributed by atoms with Gasteiger partial charge in [0.1, 0.15) is 5.60 Å². The van der Waals surface area contributed by atoms with E-state index in [-0.39, 0.29) is 24.1 Å². The van der Waals surface area contributed by atoms with Gasteiger partial charge in [0.05, 0.1) is 46.4 Å². The molecule has 0 bridgehead atoms. The van der Waals surface area contributed by atoms with Crippen molar-refractivity contribution < 1.29 is 19.1 Å². The standard InChI is InChI=1S/C31H32ClN5O4/c1-31(2,3)41-30(39)37-19(14-18-15-24(18)37)9-8-17-16-33-12-10-20(17)26-27(25-22(35-26)11-13-34-29(25)38)36-23-7-5-6-21(32)28(23)40-4/h5-7,10,12,16,18-19,24,35-36H,11,13-15H2,1-4H3,(H,34,38)/t18-,19+,24+/m1/s1. The molecular weight excluding hydrogens is 542 g/mol. The van der Waals surface area contributed by atoms with E-state index in [1.54, 1.807) is 30.5 Å². The number of benzene rings is 1. The highest BCUT2D eigenvalue weighted by Crippen LogP contribution is 2.48. The van der Waals surface area contributed by atoms with Crippen molar-refractivity contribution in [2.75, 3.05) is 19.0 Å². The zero-order chi connectivity index (χ0) is 28.9. The SMILES string of the molecule is COc1c(Cl)cccc1Nc1c(-c2ccncc2C#C[C@H]2C[C@@H]3C[C@@H]3N2C(=O)OC(C)(C)C)[nH]c2c1C(=O)NCC2. The highest BCUT2D eigenvalue weighted by molar-refractivity contribution is 6.32. The normalized spacial score (nSPS) is 20.8. The van der Waals surface area contributed by atoms with Crippen LogP contribution < -0.4 is 15.4 Å². The minimum atomic E-state index is -0.577. The molecule has 1 saturated carbocycles. The molecule has 3 atom stereocenters. The number of nitrogens with one attached hydrogen (secondary N) is 3. The highest BCUT2D eigenvalue weighted by atomic mass is 35.5. The lowest BCUT2D eigenvalue weighted by Gasteiger charge is -2.28. The van der Waals surface area contributed by atoms with Crippen LogP contribution >= 0.6 is 11.6 Å². The van der Waals surface area contributed by atoms with Gasteiger partial charge >= 0.3 is 6.09 Å². The van der Waals surface area contributed by atoms with Gasteiger partial charge in [-0.15, -0.1) is 0 Å². The van der Waals surface area contributed by atoms with E-state index in [2.05, 4.69) is 32.4 Å². The summed E-state index contributed by atoms with van der Waals surface area (Å²) in [6.07, 6.45) is 5.56. The number of H-pyrrole nitrogens is 1. The Kier molecular flexibility index (Phi) is 6.82. The fraction of sp³-hybridized carbons (Fsp3) is 0.387. The monoisotopic (exact) mass is 573 g/mol. The molecule has 6 rings (SSSR count). The third-order valence-corrected chi connectivity index (χ3v) is 7.87. The molecule has 1 aliphatic carbocycles. The molecule has 0 spiro atoms. The fourth-order valence-electron chi connectivity index (χ4n) is 5.69. The van der Waals surface area contributed by atoms with Crippen LogP contribution in [-0.4, -0.2) is 58.2 Å². The lowest BCUT2D eigenvalue weighted by molar-refractivity contribution is 0.0224. The maximum Gasteiger partial charge on any atom is 0.411 e. The maximum absolute atomic E-state index is 13.1. The second-order valence-electron chi connectivity index (χ2n) is 11.6. The molecule has 2 fully saturated rings. The Morgan fingerprint density at radius 3 is 2.85 bits per heavy atom. The van der Waals surface area contributed by atoms with Gasteiger partial charge in [0.2, 0.25) is 0 Å². The fourth-order valence-corrected chi connectivity index (χ4v) is 5.94. The smallest absolute Gasteiger partial charge is 0.411 e. The lowest BCUT2D eigenvalue weighted by atomic mass is 10.0.